The minimum atomic E-state index is 0. The molecule has 6 heteroatoms. The lowest BCUT2D eigenvalue weighted by Crippen LogP contribution is -0.482. The molecule has 0 aromatic carbocycles. The van der Waals surface area contributed by atoms with E-state index in [2.05, 4.69) is 0 Å². The van der Waals surface area contributed by atoms with E-state index in [0.717, 1.165) is 0 Å². The highest BCUT2D eigenvalue weighted by Crippen LogP contribution is 0.648. The Morgan fingerprint density at radius 2 is 0.500 bits per heavy atom. The van der Waals surface area contributed by atoms with Gasteiger partial charge in [0.05, 0.1) is 0 Å². The van der Waals surface area contributed by atoms with Crippen molar-refractivity contribution in [2.75, 3.05) is 0 Å². The van der Waals surface area contributed by atoms with E-state index in [1.54, 1.807) is 0 Å². The van der Waals surface area contributed by atoms with Gasteiger partial charge in [0.25, 0.3) is 0 Å². The number of hydrogen-bond donors (Lipinski definition) is 4. The Morgan fingerprint density at radius 3 is 0.500 bits per heavy atom. The van der Waals surface area contributed by atoms with Crippen molar-refractivity contribution < 1.29 is 5.48 Å². The molecule has 48 valence electrons. The molecule has 0 aliphatic heterocycles. The van der Waals surface area contributed by atoms with Crippen LogP contribution in [0.25, 0.3) is 0 Å². The van der Waals surface area contributed by atoms with Crippen LogP contribution < -0.4 is 24.6 Å². The highest BCUT2D eigenvalue weighted by molar-refractivity contribution is 7.59. The Kier molecular flexibility index (Phi) is 4760000. The highest BCUT2D eigenvalue weighted by atomic mass is 32.1. The van der Waals surface area contributed by atoms with Gasteiger partial charge in [-0.2, -0.15) is 13.5 Å². The quantitative estimate of drug-likeness (QED) is 0.350. The van der Waals surface area contributed by atoms with E-state index in [1.165, 1.54) is 0 Å². The topological polar surface area (TPSA) is 172 Å². The number of hydrogen-bond acceptors (Lipinski definition) is 4. The van der Waals surface area contributed by atoms with Gasteiger partial charge in [-0.25, -0.2) is 0 Å². The Bertz CT molecular complexity index is 7.51. The summed E-state index contributed by atoms with van der Waals surface area (Å²) in [6.07, 6.45) is 0. The lowest BCUT2D eigenvalue weighted by atomic mass is 14.0. The summed E-state index contributed by atoms with van der Waals surface area (Å²) in [6.45, 7) is 0. The van der Waals surface area contributed by atoms with Crippen LogP contribution in [-0.4, -0.2) is 5.48 Å². The molecule has 0 radical (unpaired) electrons. The predicted octanol–water partition coefficient (Wildman–Crippen LogP) is -0.0639. The molecule has 0 saturated heterocycles. The van der Waals surface area contributed by atoms with Gasteiger partial charge in [-0.15, -0.1) is 0 Å². The van der Waals surface area contributed by atoms with Gasteiger partial charge in [0.15, 0.2) is 0 Å². The molecule has 0 heterocycles. The van der Waals surface area contributed by atoms with Crippen LogP contribution in [0.4, 0.5) is 0 Å². The average molecular weight is 120 g/mol. The summed E-state index contributed by atoms with van der Waals surface area (Å²) in [5, 5.41) is 0. The van der Waals surface area contributed by atoms with E-state index < -0.39 is 0 Å². The van der Waals surface area contributed by atoms with Crippen LogP contribution in [0.1, 0.15) is 0 Å². The van der Waals surface area contributed by atoms with Crippen LogP contribution >= 0.6 is 13.5 Å². The van der Waals surface area contributed by atoms with Gasteiger partial charge >= 0.3 is 0 Å². The zero-order valence-electron chi connectivity index (χ0n) is 3.83. The summed E-state index contributed by atoms with van der Waals surface area (Å²) in [4.78, 5) is 0. The normalized spacial score (nSPS) is 0. The van der Waals surface area contributed by atoms with Crippen LogP contribution in [0.2, 0.25) is 0 Å². The summed E-state index contributed by atoms with van der Waals surface area (Å²) in [5.41, 5.74) is 0. The maximum Gasteiger partial charge on any atom is -0.197 e. The zero-order chi connectivity index (χ0) is 0. The van der Waals surface area contributed by atoms with Crippen LogP contribution in [0, 0.1) is 0 Å². The van der Waals surface area contributed by atoms with E-state index in [-0.39, 0.29) is 43.6 Å². The van der Waals surface area contributed by atoms with E-state index in [0.29, 0.717) is 0 Å². The number of rotatable bonds is 0. The third-order valence-electron chi connectivity index (χ3n) is 0. The summed E-state index contributed by atoms with van der Waals surface area (Å²) >= 11 is 0. The lowest BCUT2D eigenvalue weighted by Gasteiger charge is -0.412. The second kappa shape index (κ2) is 3940. The first kappa shape index (κ1) is 7250. The van der Waals surface area contributed by atoms with Gasteiger partial charge in [-0.1, -0.05) is 0 Å². The molecule has 0 fully saturated rings. The second-order valence-corrected chi connectivity index (χ2v) is 0. The van der Waals surface area contributed by atoms with Crippen LogP contribution in [0.3, 0.4) is 0 Å². The van der Waals surface area contributed by atoms with Crippen molar-refractivity contribution in [2.24, 2.45) is 0 Å². The summed E-state index contributed by atoms with van der Waals surface area (Å²) in [5.74, 6) is 0. The summed E-state index contributed by atoms with van der Waals surface area (Å²) in [6, 6.07) is 0. The zero-order valence-corrected chi connectivity index (χ0v) is 4.83. The first-order chi connectivity index (χ1) is 0. The molecular formula is H16N4OS. The molecule has 0 aromatic rings. The molecule has 0 saturated carbocycles. The Balaban J connectivity index is 0. The molecule has 6 heavy (non-hydrogen) atoms. The van der Waals surface area contributed by atoms with Gasteiger partial charge in [0.1, 0.15) is 0 Å². The molecule has 0 amide bonds. The molecule has 0 atom stereocenters. The molecule has 14 N–H and O–H groups in total. The SMILES string of the molecule is N.N.N.N.O.S. The smallest absolute Gasteiger partial charge is 0.197 e. The summed E-state index contributed by atoms with van der Waals surface area (Å²) < 4.78 is 0. The van der Waals surface area contributed by atoms with Gasteiger partial charge in [0.2, 0.25) is 0 Å². The molecule has 0 aliphatic rings. The van der Waals surface area contributed by atoms with Crippen LogP contribution in [0.15, 0.2) is 0 Å². The maximum atomic E-state index is 0. The summed E-state index contributed by atoms with van der Waals surface area (Å²) in [7, 11) is 0. The Morgan fingerprint density at radius 1 is 0.500 bits per heavy atom. The van der Waals surface area contributed by atoms with Crippen molar-refractivity contribution >= 4 is 13.5 Å². The molecule has 0 aromatic heterocycles. The Hall–Kier alpha value is 0.150. The third-order valence-corrected chi connectivity index (χ3v) is 0. The van der Waals surface area contributed by atoms with Crippen LogP contribution in [0.5, 0.6) is 0 Å². The van der Waals surface area contributed by atoms with E-state index in [1.807, 2.05) is 0 Å². The fraction of sp³-hybridized carbons (Fsp3) is 0. The molecule has 0 rings (SSSR count). The van der Waals surface area contributed by atoms with Gasteiger partial charge < -0.3 is 30.1 Å². The molecule has 0 aliphatic carbocycles. The van der Waals surface area contributed by atoms with Gasteiger partial charge in [-0.05, 0) is 0 Å². The van der Waals surface area contributed by atoms with E-state index in [4.69, 9.17) is 0 Å². The first-order valence-electron chi connectivity index (χ1n) is 0. The van der Waals surface area contributed by atoms with Crippen molar-refractivity contribution in [3.8, 4) is 0 Å². The van der Waals surface area contributed by atoms with Crippen molar-refractivity contribution in [1.82, 2.24) is 24.6 Å². The van der Waals surface area contributed by atoms with Crippen molar-refractivity contribution in [2.45, 2.75) is 0 Å². The standard InChI is InChI=1S/4H3N.H2O.H2S/h4*1H3;2*1H2. The fourth-order valence-electron chi connectivity index (χ4n) is 0. The van der Waals surface area contributed by atoms with Gasteiger partial charge in [0, 0.05) is 0 Å². The molecule has 0 spiro atoms. The fourth-order valence-corrected chi connectivity index (χ4v) is 0. The minimum absolute atomic E-state index is 0. The third kappa shape index (κ3) is 1830. The average Bonchev–Trinajstić information content (AvgIpc) is 0. The molecule has 0 unspecified atom stereocenters. The van der Waals surface area contributed by atoms with Crippen molar-refractivity contribution in [1.29, 1.82) is 0 Å². The lowest BCUT2D eigenvalue weighted by molar-refractivity contribution is 0.824. The predicted molar refractivity (Wildman–Crippen MR) is 34.1 cm³/mol. The first-order valence-corrected chi connectivity index (χ1v) is 0. The van der Waals surface area contributed by atoms with Crippen molar-refractivity contribution in [3.05, 3.63) is 0 Å². The second-order valence-electron chi connectivity index (χ2n) is 0. The maximum absolute atomic E-state index is 0. The molecule has 5 nitrogen and oxygen atoms in total. The monoisotopic (exact) mass is 120 g/mol. The largest absolute Gasteiger partial charge is 0.412 e. The van der Waals surface area contributed by atoms with E-state index in [9.17, 15) is 0 Å². The van der Waals surface area contributed by atoms with Crippen molar-refractivity contribution in [3.63, 3.8) is 0 Å². The highest BCUT2D eigenvalue weighted by Gasteiger charge is -0.197. The Labute approximate surface area is 44.6 Å². The van der Waals surface area contributed by atoms with E-state index >= 15 is 0 Å². The van der Waals surface area contributed by atoms with Gasteiger partial charge in [-0.3, -0.25) is 0 Å². The minimum Gasteiger partial charge on any atom is -0.412 e. The molecule has 0 bridgehead atoms. The molecular weight excluding hydrogens is 104 g/mol. The van der Waals surface area contributed by atoms with Crippen LogP contribution in [-0.2, 0) is 0 Å².